The third-order valence-corrected chi connectivity index (χ3v) is 7.02. The largest absolute Gasteiger partial charge is 0.322 e. The molecule has 0 N–H and O–H groups in total. The molecule has 2 atom stereocenters. The van der Waals surface area contributed by atoms with E-state index in [4.69, 9.17) is 9.97 Å². The number of pyridine rings is 2. The normalized spacial score (nSPS) is 21.0. The molecule has 5 nitrogen and oxygen atoms in total. The second-order valence-corrected chi connectivity index (χ2v) is 8.86. The minimum atomic E-state index is 0.410. The van der Waals surface area contributed by atoms with Crippen LogP contribution in [0.1, 0.15) is 47.9 Å². The first-order chi connectivity index (χ1) is 15.4. The van der Waals surface area contributed by atoms with Crippen molar-refractivity contribution in [2.75, 3.05) is 6.54 Å². The topological polar surface area (TPSA) is 46.8 Å². The highest BCUT2D eigenvalue weighted by Crippen LogP contribution is 2.43. The Morgan fingerprint density at radius 1 is 0.903 bits per heavy atom. The van der Waals surface area contributed by atoms with Crippen LogP contribution in [0.2, 0.25) is 0 Å². The van der Waals surface area contributed by atoms with Crippen molar-refractivity contribution in [1.82, 2.24) is 24.4 Å². The number of benzene rings is 1. The molecule has 4 aromatic rings. The van der Waals surface area contributed by atoms with Crippen LogP contribution < -0.4 is 0 Å². The fourth-order valence-corrected chi connectivity index (χ4v) is 5.57. The molecular weight excluding hydrogens is 382 g/mol. The Labute approximate surface area is 182 Å². The monoisotopic (exact) mass is 409 g/mol. The highest BCUT2D eigenvalue weighted by Gasteiger charge is 2.38. The molecule has 0 spiro atoms. The number of hydrogen-bond acceptors (Lipinski definition) is 4. The Bertz CT molecular complexity index is 1200. The molecule has 0 unspecified atom stereocenters. The van der Waals surface area contributed by atoms with Gasteiger partial charge in [0.2, 0.25) is 0 Å². The summed E-state index contributed by atoms with van der Waals surface area (Å²) in [7, 11) is 0. The van der Waals surface area contributed by atoms with Crippen LogP contribution in [0.5, 0.6) is 0 Å². The van der Waals surface area contributed by atoms with Crippen molar-refractivity contribution < 1.29 is 0 Å². The Hall–Kier alpha value is -3.05. The number of para-hydroxylation sites is 2. The van der Waals surface area contributed by atoms with E-state index in [0.29, 0.717) is 12.0 Å². The van der Waals surface area contributed by atoms with Gasteiger partial charge in [0.1, 0.15) is 5.82 Å². The van der Waals surface area contributed by atoms with Gasteiger partial charge in [0.05, 0.1) is 29.3 Å². The van der Waals surface area contributed by atoms with Gasteiger partial charge in [0.25, 0.3) is 0 Å². The first-order valence-electron chi connectivity index (χ1n) is 11.4. The van der Waals surface area contributed by atoms with Crippen LogP contribution in [-0.4, -0.2) is 31.0 Å². The minimum absolute atomic E-state index is 0.410. The Kier molecular flexibility index (Phi) is 4.76. The Balaban J connectivity index is 1.38. The fourth-order valence-electron chi connectivity index (χ4n) is 5.57. The van der Waals surface area contributed by atoms with Gasteiger partial charge in [-0.15, -0.1) is 0 Å². The molecule has 1 aliphatic carbocycles. The van der Waals surface area contributed by atoms with Gasteiger partial charge in [0, 0.05) is 25.1 Å². The van der Waals surface area contributed by atoms with E-state index in [9.17, 15) is 0 Å². The van der Waals surface area contributed by atoms with E-state index in [1.807, 2.05) is 18.6 Å². The zero-order valence-electron chi connectivity index (χ0n) is 17.7. The van der Waals surface area contributed by atoms with E-state index in [1.54, 1.807) is 0 Å². The van der Waals surface area contributed by atoms with Crippen LogP contribution in [-0.2, 0) is 19.5 Å². The number of imidazole rings is 1. The summed E-state index contributed by atoms with van der Waals surface area (Å²) in [5.74, 6) is 1.84. The van der Waals surface area contributed by atoms with Crippen LogP contribution in [0.4, 0.5) is 0 Å². The molecule has 1 fully saturated rings. The summed E-state index contributed by atoms with van der Waals surface area (Å²) in [6, 6.07) is 17.4. The van der Waals surface area contributed by atoms with E-state index in [2.05, 4.69) is 63.0 Å². The summed E-state index contributed by atoms with van der Waals surface area (Å²) >= 11 is 0. The zero-order chi connectivity index (χ0) is 20.6. The van der Waals surface area contributed by atoms with E-state index >= 15 is 0 Å². The molecule has 0 bridgehead atoms. The van der Waals surface area contributed by atoms with Crippen LogP contribution in [0.25, 0.3) is 11.0 Å². The summed E-state index contributed by atoms with van der Waals surface area (Å²) in [6.07, 6.45) is 10.7. The second kappa shape index (κ2) is 7.89. The van der Waals surface area contributed by atoms with E-state index in [1.165, 1.54) is 48.0 Å². The van der Waals surface area contributed by atoms with E-state index < -0.39 is 0 Å². The standard InChI is InChI=1S/C26H27N5/c1-2-8-23-22(7-1)29-24(31(23)17-19-11-14-27-15-12-19)18-30-16-4-6-21-10-9-20-5-3-13-28-25(20)26(21)30/h1-3,5,7-8,11-15,21,26H,4,6,9-10,16-18H2/t21-,26-/m0/s1. The second-order valence-electron chi connectivity index (χ2n) is 8.86. The smallest absolute Gasteiger partial charge is 0.124 e. The third kappa shape index (κ3) is 3.43. The molecule has 2 aliphatic rings. The molecule has 0 radical (unpaired) electrons. The SMILES string of the molecule is c1cnc2c(c1)CC[C@@H]1CCCN(Cc3nc4ccccc4n3Cc3ccncc3)[C@H]21. The highest BCUT2D eigenvalue weighted by atomic mass is 15.2. The number of rotatable bonds is 4. The molecule has 0 saturated carbocycles. The lowest BCUT2D eigenvalue weighted by atomic mass is 9.77. The number of hydrogen-bond donors (Lipinski definition) is 0. The van der Waals surface area contributed by atoms with Crippen molar-refractivity contribution >= 4 is 11.0 Å². The first kappa shape index (κ1) is 18.7. The molecule has 0 amide bonds. The molecule has 31 heavy (non-hydrogen) atoms. The molecule has 1 aliphatic heterocycles. The van der Waals surface area contributed by atoms with Gasteiger partial charge in [-0.2, -0.15) is 0 Å². The number of nitrogens with zero attached hydrogens (tertiary/aromatic N) is 5. The van der Waals surface area contributed by atoms with Gasteiger partial charge in [-0.25, -0.2) is 4.98 Å². The fraction of sp³-hybridized carbons (Fsp3) is 0.346. The molecule has 1 aromatic carbocycles. The van der Waals surface area contributed by atoms with Crippen LogP contribution in [0.3, 0.4) is 0 Å². The zero-order valence-corrected chi connectivity index (χ0v) is 17.7. The number of aromatic nitrogens is 4. The van der Waals surface area contributed by atoms with Crippen LogP contribution >= 0.6 is 0 Å². The van der Waals surface area contributed by atoms with Crippen LogP contribution in [0, 0.1) is 5.92 Å². The van der Waals surface area contributed by atoms with Gasteiger partial charge < -0.3 is 4.57 Å². The van der Waals surface area contributed by atoms with Crippen molar-refractivity contribution in [2.45, 2.75) is 44.8 Å². The van der Waals surface area contributed by atoms with Crippen LogP contribution in [0.15, 0.2) is 67.1 Å². The Morgan fingerprint density at radius 2 is 1.81 bits per heavy atom. The van der Waals surface area contributed by atoms with Gasteiger partial charge in [-0.3, -0.25) is 14.9 Å². The lowest BCUT2D eigenvalue weighted by Gasteiger charge is -2.44. The molecular formula is C26H27N5. The molecule has 3 aromatic heterocycles. The van der Waals surface area contributed by atoms with Gasteiger partial charge in [-0.1, -0.05) is 18.2 Å². The number of aryl methyl sites for hydroxylation is 1. The number of likely N-dealkylation sites (tertiary alicyclic amines) is 1. The number of piperidine rings is 1. The molecule has 5 heteroatoms. The number of fused-ring (bicyclic) bond motifs is 4. The summed E-state index contributed by atoms with van der Waals surface area (Å²) in [5, 5.41) is 0. The Morgan fingerprint density at radius 3 is 2.74 bits per heavy atom. The average molecular weight is 410 g/mol. The summed E-state index contributed by atoms with van der Waals surface area (Å²) < 4.78 is 2.39. The molecule has 1 saturated heterocycles. The van der Waals surface area contributed by atoms with E-state index in [0.717, 1.165) is 31.0 Å². The predicted molar refractivity (Wildman–Crippen MR) is 122 cm³/mol. The van der Waals surface area contributed by atoms with Crippen molar-refractivity contribution in [1.29, 1.82) is 0 Å². The maximum absolute atomic E-state index is 5.08. The quantitative estimate of drug-likeness (QED) is 0.487. The lowest BCUT2D eigenvalue weighted by molar-refractivity contribution is 0.0666. The summed E-state index contributed by atoms with van der Waals surface area (Å²) in [6.45, 7) is 2.78. The van der Waals surface area contributed by atoms with Crippen molar-refractivity contribution in [3.05, 3.63) is 89.8 Å². The summed E-state index contributed by atoms with van der Waals surface area (Å²) in [5.41, 5.74) is 6.25. The molecule has 156 valence electrons. The minimum Gasteiger partial charge on any atom is -0.322 e. The predicted octanol–water partition coefficient (Wildman–Crippen LogP) is 4.77. The maximum atomic E-state index is 5.08. The van der Waals surface area contributed by atoms with Crippen molar-refractivity contribution in [2.24, 2.45) is 5.92 Å². The van der Waals surface area contributed by atoms with Crippen molar-refractivity contribution in [3.63, 3.8) is 0 Å². The van der Waals surface area contributed by atoms with Gasteiger partial charge in [0.15, 0.2) is 0 Å². The van der Waals surface area contributed by atoms with Gasteiger partial charge in [-0.05, 0) is 79.6 Å². The van der Waals surface area contributed by atoms with E-state index in [-0.39, 0.29) is 0 Å². The highest BCUT2D eigenvalue weighted by molar-refractivity contribution is 5.76. The van der Waals surface area contributed by atoms with Gasteiger partial charge >= 0.3 is 0 Å². The molecule has 6 rings (SSSR count). The first-order valence-corrected chi connectivity index (χ1v) is 11.4. The third-order valence-electron chi connectivity index (χ3n) is 7.02. The summed E-state index contributed by atoms with van der Waals surface area (Å²) in [4.78, 5) is 16.8. The molecule has 4 heterocycles. The average Bonchev–Trinajstić information content (AvgIpc) is 3.16. The van der Waals surface area contributed by atoms with Crippen molar-refractivity contribution in [3.8, 4) is 0 Å². The maximum Gasteiger partial charge on any atom is 0.124 e. The lowest BCUT2D eigenvalue weighted by Crippen LogP contribution is -2.41.